The van der Waals surface area contributed by atoms with Gasteiger partial charge in [-0.15, -0.1) is 0 Å². The van der Waals surface area contributed by atoms with Crippen LogP contribution in [0.2, 0.25) is 0 Å². The minimum absolute atomic E-state index is 0. The number of nitrogens with zero attached hydrogens (tertiary/aromatic N) is 1. The molecule has 1 atom stereocenters. The third kappa shape index (κ3) is 41.2. The topological polar surface area (TPSA) is 43.4 Å². The number of carboxylic acid groups (broad SMARTS) is 1. The maximum Gasteiger partial charge on any atom is 1.00 e. The Bertz CT molecular complexity index is 589. The molecule has 0 amide bonds. The summed E-state index contributed by atoms with van der Waals surface area (Å²) in [5.74, 6) is -0.889. The number of hydrogen-bond donors (Lipinski definition) is 0. The van der Waals surface area contributed by atoms with E-state index in [9.17, 15) is 9.90 Å². The van der Waals surface area contributed by atoms with Crippen LogP contribution in [0.1, 0.15) is 271 Å². The van der Waals surface area contributed by atoms with E-state index in [0.29, 0.717) is 6.04 Å². The second kappa shape index (κ2) is 45.6. The summed E-state index contributed by atoms with van der Waals surface area (Å²) in [5, 5.41) is 11.2. The van der Waals surface area contributed by atoms with Gasteiger partial charge in [-0.25, -0.2) is 0 Å². The maximum absolute atomic E-state index is 11.2. The van der Waals surface area contributed by atoms with Gasteiger partial charge >= 0.3 is 29.6 Å². The number of aliphatic carboxylic acids is 1. The van der Waals surface area contributed by atoms with E-state index in [1.54, 1.807) is 0 Å². The predicted octanol–water partition coefficient (Wildman–Crippen LogP) is 11.7. The summed E-state index contributed by atoms with van der Waals surface area (Å²) in [6.45, 7) is 9.12. The minimum Gasteiger partial charge on any atom is -0.550 e. The molecule has 0 rings (SSSR count). The van der Waals surface area contributed by atoms with Gasteiger partial charge in [0.2, 0.25) is 0 Å². The Morgan fingerprint density at radius 3 is 0.820 bits per heavy atom. The first-order chi connectivity index (χ1) is 24.2. The molecule has 0 radical (unpaired) electrons. The Morgan fingerprint density at radius 1 is 0.400 bits per heavy atom. The fourth-order valence-corrected chi connectivity index (χ4v) is 7.84. The first-order valence-corrected chi connectivity index (χ1v) is 23.1. The van der Waals surface area contributed by atoms with Crippen molar-refractivity contribution in [2.75, 3.05) is 13.1 Å². The summed E-state index contributed by atoms with van der Waals surface area (Å²) >= 11 is 0. The minimum atomic E-state index is -0.889. The first-order valence-electron chi connectivity index (χ1n) is 23.1. The third-order valence-electron chi connectivity index (χ3n) is 11.3. The van der Waals surface area contributed by atoms with Crippen molar-refractivity contribution in [2.24, 2.45) is 0 Å². The molecule has 294 valence electrons. The summed E-state index contributed by atoms with van der Waals surface area (Å²) in [6, 6.07) is 0.398. The van der Waals surface area contributed by atoms with Crippen molar-refractivity contribution in [3.63, 3.8) is 0 Å². The summed E-state index contributed by atoms with van der Waals surface area (Å²) in [7, 11) is 0. The van der Waals surface area contributed by atoms with Gasteiger partial charge in [0.15, 0.2) is 0 Å². The molecule has 0 aliphatic carbocycles. The molecule has 0 spiro atoms. The van der Waals surface area contributed by atoms with Crippen molar-refractivity contribution in [3.8, 4) is 0 Å². The van der Waals surface area contributed by atoms with Crippen LogP contribution in [0.25, 0.3) is 0 Å². The van der Waals surface area contributed by atoms with Crippen LogP contribution in [0.4, 0.5) is 0 Å². The zero-order chi connectivity index (χ0) is 35.7. The summed E-state index contributed by atoms with van der Waals surface area (Å²) in [4.78, 5) is 13.8. The second-order valence-corrected chi connectivity index (χ2v) is 16.0. The number of carbonyl (C=O) groups is 1. The van der Waals surface area contributed by atoms with Gasteiger partial charge in [-0.1, -0.05) is 239 Å². The van der Waals surface area contributed by atoms with Gasteiger partial charge < -0.3 is 14.8 Å². The van der Waals surface area contributed by atoms with Crippen molar-refractivity contribution in [2.45, 2.75) is 277 Å². The second-order valence-electron chi connectivity index (χ2n) is 16.0. The summed E-state index contributed by atoms with van der Waals surface area (Å²) in [6.07, 6.45) is 52.9. The Morgan fingerprint density at radius 2 is 0.620 bits per heavy atom. The molecule has 0 aliphatic rings. The molecule has 0 aliphatic heterocycles. The van der Waals surface area contributed by atoms with Crippen LogP contribution in [0, 0.1) is 0 Å². The zero-order valence-corrected chi connectivity index (χ0v) is 37.3. The van der Waals surface area contributed by atoms with Gasteiger partial charge in [-0.3, -0.25) is 0 Å². The van der Waals surface area contributed by atoms with Crippen molar-refractivity contribution >= 4 is 5.97 Å². The van der Waals surface area contributed by atoms with Crippen molar-refractivity contribution in [1.82, 2.24) is 4.90 Å². The van der Waals surface area contributed by atoms with E-state index in [4.69, 9.17) is 0 Å². The molecule has 0 saturated carbocycles. The molecule has 0 N–H and O–H groups in total. The Balaban J connectivity index is 0. The Hall–Kier alpha value is 0.430. The number of hydrogen-bond acceptors (Lipinski definition) is 3. The third-order valence-corrected chi connectivity index (χ3v) is 11.3. The van der Waals surface area contributed by atoms with E-state index >= 15 is 0 Å². The molecule has 3 nitrogen and oxygen atoms in total. The zero-order valence-electron chi connectivity index (χ0n) is 35.3. The Kier molecular flexibility index (Phi) is 47.9. The van der Waals surface area contributed by atoms with Gasteiger partial charge in [0.05, 0.1) is 0 Å². The van der Waals surface area contributed by atoms with Crippen LogP contribution in [-0.4, -0.2) is 30.0 Å². The monoisotopic (exact) mass is 714 g/mol. The number of carbonyl (C=O) groups excluding carboxylic acids is 1. The molecule has 0 fully saturated rings. The largest absolute Gasteiger partial charge is 1.00 e. The van der Waals surface area contributed by atoms with Crippen molar-refractivity contribution in [1.29, 1.82) is 0 Å². The van der Waals surface area contributed by atoms with Gasteiger partial charge in [0.1, 0.15) is 0 Å². The fourth-order valence-electron chi connectivity index (χ4n) is 7.84. The Labute approximate surface area is 338 Å². The predicted molar refractivity (Wildman–Crippen MR) is 217 cm³/mol. The van der Waals surface area contributed by atoms with Crippen LogP contribution >= 0.6 is 0 Å². The molecule has 0 heterocycles. The van der Waals surface area contributed by atoms with E-state index in [1.807, 2.05) is 0 Å². The molecule has 0 saturated heterocycles. The van der Waals surface area contributed by atoms with Crippen LogP contribution < -0.4 is 34.7 Å². The van der Waals surface area contributed by atoms with E-state index < -0.39 is 5.97 Å². The molecule has 0 aromatic carbocycles. The summed E-state index contributed by atoms with van der Waals surface area (Å²) < 4.78 is 0. The maximum atomic E-state index is 11.2. The number of unbranched alkanes of at least 4 members (excludes halogenated alkanes) is 34. The van der Waals surface area contributed by atoms with Crippen LogP contribution in [0.15, 0.2) is 0 Å². The standard InChI is InChI=1S/C46H93NO2.Na/c1-4-7-9-11-13-15-17-19-21-23-25-27-29-31-33-35-37-39-43-47(45(6-3)41-42-46(48)49)44-40-38-36-34-32-30-28-26-24-22-20-18-16-14-12-10-8-5-2;/h45H,4-44H2,1-3H3,(H,48,49);/q;+1/p-1. The van der Waals surface area contributed by atoms with E-state index in [2.05, 4.69) is 25.7 Å². The van der Waals surface area contributed by atoms with E-state index in [0.717, 1.165) is 25.9 Å². The molecule has 0 aromatic rings. The van der Waals surface area contributed by atoms with Crippen molar-refractivity contribution < 1.29 is 39.5 Å². The van der Waals surface area contributed by atoms with Gasteiger partial charge in [-0.05, 0) is 45.2 Å². The fraction of sp³-hybridized carbons (Fsp3) is 0.978. The molecule has 50 heavy (non-hydrogen) atoms. The van der Waals surface area contributed by atoms with E-state index in [1.165, 1.54) is 231 Å². The number of carboxylic acids is 1. The summed E-state index contributed by atoms with van der Waals surface area (Å²) in [5.41, 5.74) is 0. The average Bonchev–Trinajstić information content (AvgIpc) is 3.10. The first kappa shape index (κ1) is 52.5. The van der Waals surface area contributed by atoms with Gasteiger partial charge in [0.25, 0.3) is 0 Å². The number of rotatable bonds is 43. The van der Waals surface area contributed by atoms with Gasteiger partial charge in [-0.2, -0.15) is 0 Å². The molecule has 0 bridgehead atoms. The smallest absolute Gasteiger partial charge is 0.550 e. The molecular weight excluding hydrogens is 622 g/mol. The van der Waals surface area contributed by atoms with Gasteiger partial charge in [0, 0.05) is 12.0 Å². The van der Waals surface area contributed by atoms with Crippen LogP contribution in [-0.2, 0) is 4.79 Å². The molecule has 1 unspecified atom stereocenters. The SMILES string of the molecule is CCCCCCCCCCCCCCCCCCCCN(CCCCCCCCCCCCCCCCCCCC)C(CC)CCC(=O)[O-].[Na+]. The molecule has 4 heteroatoms. The van der Waals surface area contributed by atoms with Crippen molar-refractivity contribution in [3.05, 3.63) is 0 Å². The molecular formula is C46H92NNaO2. The van der Waals surface area contributed by atoms with E-state index in [-0.39, 0.29) is 36.0 Å². The average molecular weight is 714 g/mol. The molecule has 0 aromatic heterocycles. The van der Waals surface area contributed by atoms with Crippen LogP contribution in [0.5, 0.6) is 0 Å². The quantitative estimate of drug-likeness (QED) is 0.0467. The van der Waals surface area contributed by atoms with Crippen LogP contribution in [0.3, 0.4) is 0 Å². The normalized spacial score (nSPS) is 12.1.